The van der Waals surface area contributed by atoms with Gasteiger partial charge in [0.2, 0.25) is 5.88 Å². The van der Waals surface area contributed by atoms with Gasteiger partial charge in [-0.05, 0) is 36.8 Å². The van der Waals surface area contributed by atoms with Gasteiger partial charge < -0.3 is 14.8 Å². The maximum atomic E-state index is 5.72. The largest absolute Gasteiger partial charge is 0.497 e. The Hall–Kier alpha value is -2.99. The molecule has 6 nitrogen and oxygen atoms in total. The molecule has 25 heavy (non-hydrogen) atoms. The molecular weight excluding hydrogens is 316 g/mol. The number of rotatable bonds is 7. The van der Waals surface area contributed by atoms with E-state index in [1.165, 1.54) is 0 Å². The van der Waals surface area contributed by atoms with Crippen LogP contribution in [0.15, 0.2) is 61.2 Å². The molecule has 3 rings (SSSR count). The van der Waals surface area contributed by atoms with Crippen molar-refractivity contribution in [3.8, 4) is 17.4 Å². The van der Waals surface area contributed by atoms with E-state index in [9.17, 15) is 0 Å². The van der Waals surface area contributed by atoms with Crippen LogP contribution in [0.2, 0.25) is 0 Å². The number of nitrogens with zero attached hydrogens (tertiary/aromatic N) is 3. The first-order valence-corrected chi connectivity index (χ1v) is 8.01. The van der Waals surface area contributed by atoms with E-state index < -0.39 is 0 Å². The molecule has 0 fully saturated rings. The third-order valence-corrected chi connectivity index (χ3v) is 3.72. The summed E-state index contributed by atoms with van der Waals surface area (Å²) in [6.07, 6.45) is 6.93. The summed E-state index contributed by atoms with van der Waals surface area (Å²) >= 11 is 0. The average Bonchev–Trinajstić information content (AvgIpc) is 2.68. The van der Waals surface area contributed by atoms with E-state index in [1.807, 2.05) is 36.4 Å². The van der Waals surface area contributed by atoms with Gasteiger partial charge in [-0.2, -0.15) is 0 Å². The number of nitrogens with one attached hydrogen (secondary N) is 1. The number of aromatic nitrogens is 3. The molecule has 0 saturated heterocycles. The van der Waals surface area contributed by atoms with Crippen molar-refractivity contribution in [2.24, 2.45) is 0 Å². The van der Waals surface area contributed by atoms with E-state index in [2.05, 4.69) is 27.2 Å². The summed E-state index contributed by atoms with van der Waals surface area (Å²) in [4.78, 5) is 12.7. The summed E-state index contributed by atoms with van der Waals surface area (Å²) in [5.41, 5.74) is 1.98. The van der Waals surface area contributed by atoms with Gasteiger partial charge in [-0.15, -0.1) is 0 Å². The average molecular weight is 336 g/mol. The van der Waals surface area contributed by atoms with Gasteiger partial charge in [-0.1, -0.05) is 6.07 Å². The molecule has 6 heteroatoms. The maximum absolute atomic E-state index is 5.72. The van der Waals surface area contributed by atoms with Gasteiger partial charge in [0, 0.05) is 43.4 Å². The predicted octanol–water partition coefficient (Wildman–Crippen LogP) is 3.52. The van der Waals surface area contributed by atoms with E-state index in [0.717, 1.165) is 22.8 Å². The third kappa shape index (κ3) is 4.74. The van der Waals surface area contributed by atoms with Crippen molar-refractivity contribution in [1.82, 2.24) is 20.3 Å². The minimum Gasteiger partial charge on any atom is -0.497 e. The van der Waals surface area contributed by atoms with Crippen LogP contribution in [0.4, 0.5) is 0 Å². The minimum absolute atomic E-state index is 0.115. The second-order valence-corrected chi connectivity index (χ2v) is 5.52. The van der Waals surface area contributed by atoms with Crippen molar-refractivity contribution >= 4 is 0 Å². The fourth-order valence-electron chi connectivity index (χ4n) is 2.25. The summed E-state index contributed by atoms with van der Waals surface area (Å²) in [7, 11) is 1.63. The highest BCUT2D eigenvalue weighted by atomic mass is 16.5. The minimum atomic E-state index is 0.115. The standard InChI is InChI=1S/C19H20N4O2/c1-14(18-13-20-9-10-21-18)22-11-15-3-8-19(23-12-15)25-17-6-4-16(24-2)5-7-17/h3-10,12-14,22H,11H2,1-2H3/t14-/m1/s1. The van der Waals surface area contributed by atoms with Gasteiger partial charge in [-0.25, -0.2) is 4.98 Å². The molecule has 0 aliphatic heterocycles. The monoisotopic (exact) mass is 336 g/mol. The number of methoxy groups -OCH3 is 1. The summed E-state index contributed by atoms with van der Waals surface area (Å²) in [5, 5.41) is 3.40. The molecule has 0 spiro atoms. The Morgan fingerprint density at radius 2 is 1.76 bits per heavy atom. The van der Waals surface area contributed by atoms with Gasteiger partial charge in [0.05, 0.1) is 12.8 Å². The normalized spacial score (nSPS) is 11.8. The summed E-state index contributed by atoms with van der Waals surface area (Å²) < 4.78 is 10.8. The molecule has 3 aromatic rings. The van der Waals surface area contributed by atoms with Crippen molar-refractivity contribution in [2.45, 2.75) is 19.5 Å². The van der Waals surface area contributed by atoms with Crippen LogP contribution < -0.4 is 14.8 Å². The van der Waals surface area contributed by atoms with Crippen molar-refractivity contribution in [2.75, 3.05) is 7.11 Å². The van der Waals surface area contributed by atoms with Crippen molar-refractivity contribution in [3.05, 3.63) is 72.4 Å². The van der Waals surface area contributed by atoms with Crippen LogP contribution in [0.5, 0.6) is 17.4 Å². The Morgan fingerprint density at radius 1 is 0.960 bits per heavy atom. The van der Waals surface area contributed by atoms with Crippen LogP contribution in [0.3, 0.4) is 0 Å². The fraction of sp³-hybridized carbons (Fsp3) is 0.211. The number of ether oxygens (including phenoxy) is 2. The number of pyridine rings is 1. The molecule has 2 heterocycles. The Labute approximate surface area is 146 Å². The van der Waals surface area contributed by atoms with Gasteiger partial charge in [0.25, 0.3) is 0 Å². The van der Waals surface area contributed by atoms with Crippen molar-refractivity contribution in [3.63, 3.8) is 0 Å². The smallest absolute Gasteiger partial charge is 0.219 e. The SMILES string of the molecule is COc1ccc(Oc2ccc(CN[C@H](C)c3cnccn3)cn2)cc1. The lowest BCUT2D eigenvalue weighted by molar-refractivity contribution is 0.412. The first-order chi connectivity index (χ1) is 12.2. The van der Waals surface area contributed by atoms with Crippen LogP contribution in [0.1, 0.15) is 24.2 Å². The zero-order chi connectivity index (χ0) is 17.5. The van der Waals surface area contributed by atoms with E-state index in [4.69, 9.17) is 9.47 Å². The number of hydrogen-bond donors (Lipinski definition) is 1. The zero-order valence-electron chi connectivity index (χ0n) is 14.2. The van der Waals surface area contributed by atoms with E-state index >= 15 is 0 Å². The molecule has 1 N–H and O–H groups in total. The van der Waals surface area contributed by atoms with Crippen LogP contribution in [-0.2, 0) is 6.54 Å². The lowest BCUT2D eigenvalue weighted by Crippen LogP contribution is -2.19. The zero-order valence-corrected chi connectivity index (χ0v) is 14.2. The van der Waals surface area contributed by atoms with Gasteiger partial charge >= 0.3 is 0 Å². The second kappa shape index (κ2) is 8.21. The molecule has 0 unspecified atom stereocenters. The predicted molar refractivity (Wildman–Crippen MR) is 94.6 cm³/mol. The summed E-state index contributed by atoms with van der Waals surface area (Å²) in [6.45, 7) is 2.74. The Kier molecular flexibility index (Phi) is 5.53. The molecule has 1 atom stereocenters. The van der Waals surface area contributed by atoms with Crippen molar-refractivity contribution < 1.29 is 9.47 Å². The van der Waals surface area contributed by atoms with Crippen LogP contribution in [0, 0.1) is 0 Å². The number of benzene rings is 1. The Bertz CT molecular complexity index is 777. The molecule has 0 aliphatic carbocycles. The lowest BCUT2D eigenvalue weighted by Gasteiger charge is -2.13. The van der Waals surface area contributed by atoms with Gasteiger partial charge in [0.1, 0.15) is 11.5 Å². The van der Waals surface area contributed by atoms with Crippen LogP contribution >= 0.6 is 0 Å². The highest BCUT2D eigenvalue weighted by Crippen LogP contribution is 2.22. The summed E-state index contributed by atoms with van der Waals surface area (Å²) in [6, 6.07) is 11.3. The van der Waals surface area contributed by atoms with E-state index in [-0.39, 0.29) is 6.04 Å². The molecular formula is C19H20N4O2. The first kappa shape index (κ1) is 16.9. The maximum Gasteiger partial charge on any atom is 0.219 e. The molecule has 1 aromatic carbocycles. The van der Waals surface area contributed by atoms with Gasteiger partial charge in [0.15, 0.2) is 0 Å². The van der Waals surface area contributed by atoms with Crippen LogP contribution in [0.25, 0.3) is 0 Å². The molecule has 0 saturated carbocycles. The molecule has 128 valence electrons. The molecule has 0 amide bonds. The Morgan fingerprint density at radius 3 is 2.40 bits per heavy atom. The van der Waals surface area contributed by atoms with Crippen molar-refractivity contribution in [1.29, 1.82) is 0 Å². The van der Waals surface area contributed by atoms with E-state index in [1.54, 1.807) is 31.9 Å². The van der Waals surface area contributed by atoms with Crippen LogP contribution in [-0.4, -0.2) is 22.1 Å². The second-order valence-electron chi connectivity index (χ2n) is 5.52. The molecule has 0 bridgehead atoms. The molecule has 0 radical (unpaired) electrons. The summed E-state index contributed by atoms with van der Waals surface area (Å²) in [5.74, 6) is 2.06. The van der Waals surface area contributed by atoms with Gasteiger partial charge in [-0.3, -0.25) is 9.97 Å². The topological polar surface area (TPSA) is 69.2 Å². The lowest BCUT2D eigenvalue weighted by atomic mass is 10.2. The molecule has 2 aromatic heterocycles. The fourth-order valence-corrected chi connectivity index (χ4v) is 2.25. The molecule has 0 aliphatic rings. The number of hydrogen-bond acceptors (Lipinski definition) is 6. The first-order valence-electron chi connectivity index (χ1n) is 8.01. The van der Waals surface area contributed by atoms with E-state index in [0.29, 0.717) is 12.4 Å². The quantitative estimate of drug-likeness (QED) is 0.712. The third-order valence-electron chi connectivity index (χ3n) is 3.72. The highest BCUT2D eigenvalue weighted by molar-refractivity contribution is 5.33. The highest BCUT2D eigenvalue weighted by Gasteiger charge is 2.06. The Balaban J connectivity index is 1.54.